The van der Waals surface area contributed by atoms with Gasteiger partial charge in [-0.3, -0.25) is 0 Å². The lowest BCUT2D eigenvalue weighted by atomic mass is 9.73. The van der Waals surface area contributed by atoms with Crippen LogP contribution in [0.1, 0.15) is 21.6 Å². The molecule has 2 nitrogen and oxygen atoms in total. The van der Waals surface area contributed by atoms with Crippen LogP contribution in [0.2, 0.25) is 0 Å². The van der Waals surface area contributed by atoms with Gasteiger partial charge in [0, 0.05) is 54.2 Å². The molecule has 318 valence electrons. The molecule has 1 heterocycles. The first kappa shape index (κ1) is 38.7. The second-order valence-electron chi connectivity index (χ2n) is 17.9. The number of fused-ring (bicyclic) bond motifs is 15. The monoisotopic (exact) mass is 882 g/mol. The Morgan fingerprint density at radius 3 is 1.62 bits per heavy atom. The molecule has 0 N–H and O–H groups in total. The van der Waals surface area contributed by atoms with Crippen LogP contribution in [0.3, 0.4) is 0 Å². The average Bonchev–Trinajstić information content (AvgIpc) is 4.04. The standard InChI is InChI=1S/C65H42N2S/c1-4-19-43(20-5-1)44-35-37-48(38-36-44)66(46-22-6-2-7-23-46)59-33-18-32-57-63(59)53-29-14-16-31-56(53)65(57)58-42-49(39-40-54(58)62-55-30-15-17-34-61(55)68-64(62)65)67(47-24-8-3-9-25-47)60-41-45-21-10-11-26-50(45)51-27-12-13-28-52(51)60/h1-42H. The second-order valence-corrected chi connectivity index (χ2v) is 19.0. The minimum atomic E-state index is -0.584. The van der Waals surface area contributed by atoms with E-state index >= 15 is 0 Å². The van der Waals surface area contributed by atoms with Crippen LogP contribution in [-0.4, -0.2) is 0 Å². The third kappa shape index (κ3) is 5.63. The summed E-state index contributed by atoms with van der Waals surface area (Å²) < 4.78 is 1.31. The minimum Gasteiger partial charge on any atom is -0.310 e. The van der Waals surface area contributed by atoms with Crippen LogP contribution in [-0.2, 0) is 5.41 Å². The lowest BCUT2D eigenvalue weighted by molar-refractivity contribution is 0.811. The largest absolute Gasteiger partial charge is 0.310 e. The van der Waals surface area contributed by atoms with Crippen LogP contribution in [0.5, 0.6) is 0 Å². The molecule has 1 aromatic heterocycles. The molecule has 2 aliphatic rings. The Kier molecular flexibility index (Phi) is 8.71. The summed E-state index contributed by atoms with van der Waals surface area (Å²) in [7, 11) is 0. The molecule has 0 fully saturated rings. The molecule has 1 unspecified atom stereocenters. The van der Waals surface area contributed by atoms with Crippen molar-refractivity contribution in [1.82, 2.24) is 0 Å². The fourth-order valence-corrected chi connectivity index (χ4v) is 13.0. The van der Waals surface area contributed by atoms with Crippen LogP contribution in [0.15, 0.2) is 255 Å². The highest BCUT2D eigenvalue weighted by molar-refractivity contribution is 7.20. The molecule has 0 saturated carbocycles. The lowest BCUT2D eigenvalue weighted by Gasteiger charge is -2.32. The van der Waals surface area contributed by atoms with E-state index in [9.17, 15) is 0 Å². The van der Waals surface area contributed by atoms with Crippen molar-refractivity contribution in [2.24, 2.45) is 0 Å². The van der Waals surface area contributed by atoms with Crippen LogP contribution < -0.4 is 9.80 Å². The number of rotatable bonds is 7. The molecule has 0 saturated heterocycles. The van der Waals surface area contributed by atoms with Gasteiger partial charge in [-0.15, -0.1) is 11.3 Å². The van der Waals surface area contributed by atoms with Gasteiger partial charge in [0.1, 0.15) is 0 Å². The van der Waals surface area contributed by atoms with Crippen molar-refractivity contribution in [3.05, 3.63) is 276 Å². The molecule has 1 spiro atoms. The zero-order valence-corrected chi connectivity index (χ0v) is 37.9. The topological polar surface area (TPSA) is 6.48 Å². The normalized spacial score (nSPS) is 14.2. The molecular formula is C65H42N2S. The van der Waals surface area contributed by atoms with E-state index in [2.05, 4.69) is 265 Å². The average molecular weight is 883 g/mol. The Bertz CT molecular complexity index is 3910. The van der Waals surface area contributed by atoms with E-state index in [1.165, 1.54) is 86.6 Å². The fourth-order valence-electron chi connectivity index (χ4n) is 11.6. The molecule has 12 aromatic rings. The predicted molar refractivity (Wildman–Crippen MR) is 288 cm³/mol. The van der Waals surface area contributed by atoms with Gasteiger partial charge in [-0.05, 0) is 122 Å². The Morgan fingerprint density at radius 1 is 0.309 bits per heavy atom. The van der Waals surface area contributed by atoms with Gasteiger partial charge in [0.15, 0.2) is 0 Å². The summed E-state index contributed by atoms with van der Waals surface area (Å²) in [5.41, 5.74) is 17.7. The number of para-hydroxylation sites is 2. The van der Waals surface area contributed by atoms with Crippen molar-refractivity contribution < 1.29 is 0 Å². The number of hydrogen-bond donors (Lipinski definition) is 0. The van der Waals surface area contributed by atoms with Gasteiger partial charge >= 0.3 is 0 Å². The number of benzene rings is 11. The molecule has 11 aromatic carbocycles. The SMILES string of the molecule is c1ccc(-c2ccc(N(c3ccccc3)c3cccc4c3-c3ccccc3C43c4cc(N(c5ccccc5)c5cc6ccccc6c6ccccc56)ccc4-c4c3sc3ccccc43)cc2)cc1. The predicted octanol–water partition coefficient (Wildman–Crippen LogP) is 18.2. The summed E-state index contributed by atoms with van der Waals surface area (Å²) >= 11 is 1.96. The van der Waals surface area contributed by atoms with Gasteiger partial charge < -0.3 is 9.80 Å². The van der Waals surface area contributed by atoms with E-state index < -0.39 is 5.41 Å². The molecule has 2 aliphatic carbocycles. The summed E-state index contributed by atoms with van der Waals surface area (Å²) in [6.45, 7) is 0. The molecule has 68 heavy (non-hydrogen) atoms. The molecule has 14 rings (SSSR count). The van der Waals surface area contributed by atoms with Crippen molar-refractivity contribution in [3.8, 4) is 33.4 Å². The summed E-state index contributed by atoms with van der Waals surface area (Å²) in [6, 6.07) is 94.2. The molecular weight excluding hydrogens is 841 g/mol. The molecule has 0 amide bonds. The summed E-state index contributed by atoms with van der Waals surface area (Å²) in [5, 5.41) is 6.25. The van der Waals surface area contributed by atoms with Crippen LogP contribution in [0, 0.1) is 0 Å². The van der Waals surface area contributed by atoms with Crippen molar-refractivity contribution >= 4 is 77.1 Å². The first-order chi connectivity index (χ1) is 33.8. The first-order valence-electron chi connectivity index (χ1n) is 23.4. The number of nitrogens with zero attached hydrogens (tertiary/aromatic N) is 2. The van der Waals surface area contributed by atoms with E-state index in [4.69, 9.17) is 0 Å². The molecule has 0 bridgehead atoms. The highest BCUT2D eigenvalue weighted by Gasteiger charge is 2.54. The highest BCUT2D eigenvalue weighted by Crippen LogP contribution is 2.68. The third-order valence-corrected chi connectivity index (χ3v) is 15.7. The maximum absolute atomic E-state index is 2.53. The van der Waals surface area contributed by atoms with Gasteiger partial charge in [-0.2, -0.15) is 0 Å². The van der Waals surface area contributed by atoms with Gasteiger partial charge in [-0.25, -0.2) is 0 Å². The van der Waals surface area contributed by atoms with Gasteiger partial charge in [-0.1, -0.05) is 188 Å². The summed E-state index contributed by atoms with van der Waals surface area (Å²) in [5.74, 6) is 0. The van der Waals surface area contributed by atoms with Gasteiger partial charge in [0.05, 0.1) is 16.8 Å². The Hall–Kier alpha value is -8.50. The molecule has 0 aliphatic heterocycles. The lowest BCUT2D eigenvalue weighted by Crippen LogP contribution is -2.25. The van der Waals surface area contributed by atoms with Crippen molar-refractivity contribution in [3.63, 3.8) is 0 Å². The summed E-state index contributed by atoms with van der Waals surface area (Å²) in [4.78, 5) is 6.33. The van der Waals surface area contributed by atoms with Crippen LogP contribution >= 0.6 is 11.3 Å². The van der Waals surface area contributed by atoms with Crippen LogP contribution in [0.25, 0.3) is 65.0 Å². The second kappa shape index (κ2) is 15.3. The van der Waals surface area contributed by atoms with E-state index in [0.29, 0.717) is 0 Å². The third-order valence-electron chi connectivity index (χ3n) is 14.4. The number of hydrogen-bond acceptors (Lipinski definition) is 3. The smallest absolute Gasteiger partial charge is 0.0821 e. The minimum absolute atomic E-state index is 0.584. The summed E-state index contributed by atoms with van der Waals surface area (Å²) in [6.07, 6.45) is 0. The van der Waals surface area contributed by atoms with Gasteiger partial charge in [0.2, 0.25) is 0 Å². The van der Waals surface area contributed by atoms with E-state index in [0.717, 1.165) is 34.1 Å². The van der Waals surface area contributed by atoms with Crippen LogP contribution in [0.4, 0.5) is 34.1 Å². The van der Waals surface area contributed by atoms with E-state index in [1.54, 1.807) is 0 Å². The zero-order valence-electron chi connectivity index (χ0n) is 37.1. The zero-order chi connectivity index (χ0) is 44.8. The van der Waals surface area contributed by atoms with Crippen molar-refractivity contribution in [1.29, 1.82) is 0 Å². The Labute approximate surface area is 399 Å². The van der Waals surface area contributed by atoms with Gasteiger partial charge in [0.25, 0.3) is 0 Å². The number of anilines is 6. The van der Waals surface area contributed by atoms with Crippen molar-refractivity contribution in [2.45, 2.75) is 5.41 Å². The highest BCUT2D eigenvalue weighted by atomic mass is 32.1. The first-order valence-corrected chi connectivity index (χ1v) is 24.2. The maximum atomic E-state index is 2.53. The van der Waals surface area contributed by atoms with Crippen molar-refractivity contribution in [2.75, 3.05) is 9.80 Å². The van der Waals surface area contributed by atoms with E-state index in [-0.39, 0.29) is 0 Å². The Balaban J connectivity index is 1.05. The Morgan fingerprint density at radius 2 is 0.853 bits per heavy atom. The molecule has 1 atom stereocenters. The molecule has 0 radical (unpaired) electrons. The van der Waals surface area contributed by atoms with E-state index in [1.807, 2.05) is 11.3 Å². The maximum Gasteiger partial charge on any atom is 0.0821 e. The number of thiophene rings is 1. The fraction of sp³-hybridized carbons (Fsp3) is 0.0154. The quantitative estimate of drug-likeness (QED) is 0.147. The molecule has 3 heteroatoms.